The highest BCUT2D eigenvalue weighted by Gasteiger charge is 2.25. The maximum Gasteiger partial charge on any atom is 0.163 e. The van der Waals surface area contributed by atoms with Gasteiger partial charge in [-0.1, -0.05) is 83.9 Å². The fourth-order valence-corrected chi connectivity index (χ4v) is 7.38. The Balaban J connectivity index is 0.000000168. The van der Waals surface area contributed by atoms with Gasteiger partial charge >= 0.3 is 0 Å². The van der Waals surface area contributed by atoms with Crippen LogP contribution in [0.4, 0.5) is 0 Å². The number of aromatic nitrogens is 6. The van der Waals surface area contributed by atoms with Crippen LogP contribution in [0.3, 0.4) is 0 Å². The lowest BCUT2D eigenvalue weighted by Crippen LogP contribution is -2.11. The highest BCUT2D eigenvalue weighted by atomic mass is 35.5. The molecule has 9 rings (SSSR count). The molecular weight excluding hydrogens is 759 g/mol. The molecular formula is C44H38Cl2N8O3. The van der Waals surface area contributed by atoms with Crippen LogP contribution in [0.5, 0.6) is 5.75 Å². The van der Waals surface area contributed by atoms with Gasteiger partial charge in [0.15, 0.2) is 23.3 Å². The van der Waals surface area contributed by atoms with Crippen molar-refractivity contribution < 1.29 is 14.6 Å². The zero-order valence-electron chi connectivity index (χ0n) is 31.5. The molecule has 11 nitrogen and oxygen atoms in total. The molecule has 0 saturated heterocycles. The predicted molar refractivity (Wildman–Crippen MR) is 221 cm³/mol. The molecule has 0 spiro atoms. The number of hydrogen-bond donors (Lipinski definition) is 1. The van der Waals surface area contributed by atoms with Crippen molar-refractivity contribution >= 4 is 34.6 Å². The van der Waals surface area contributed by atoms with Gasteiger partial charge in [-0.25, -0.2) is 0 Å². The Morgan fingerprint density at radius 2 is 1.11 bits per heavy atom. The van der Waals surface area contributed by atoms with Crippen molar-refractivity contribution in [3.63, 3.8) is 0 Å². The first kappa shape index (κ1) is 37.9. The number of methoxy groups -OCH3 is 1. The number of aryl methyl sites for hydroxylation is 2. The first-order valence-corrected chi connectivity index (χ1v) is 19.1. The van der Waals surface area contributed by atoms with Crippen LogP contribution in [0.1, 0.15) is 62.2 Å². The van der Waals surface area contributed by atoms with Gasteiger partial charge in [-0.05, 0) is 79.1 Å². The Morgan fingerprint density at radius 3 is 1.61 bits per heavy atom. The van der Waals surface area contributed by atoms with Crippen molar-refractivity contribution in [2.45, 2.75) is 46.8 Å². The summed E-state index contributed by atoms with van der Waals surface area (Å²) in [5.41, 5.74) is 11.0. The molecule has 0 unspecified atom stereocenters. The number of rotatable bonds is 8. The van der Waals surface area contributed by atoms with Crippen LogP contribution in [0, 0.1) is 13.8 Å². The minimum atomic E-state index is -0.186. The normalized spacial score (nSPS) is 12.7. The van der Waals surface area contributed by atoms with E-state index in [4.69, 9.17) is 42.7 Å². The first-order valence-electron chi connectivity index (χ1n) is 18.3. The molecule has 2 aliphatic heterocycles. The largest absolute Gasteiger partial charge is 0.497 e. The lowest BCUT2D eigenvalue weighted by Gasteiger charge is -2.15. The number of nitrogens with zero attached hydrogens (tertiary/aromatic N) is 8. The zero-order chi connectivity index (χ0) is 39.5. The van der Waals surface area contributed by atoms with Crippen molar-refractivity contribution in [2.24, 2.45) is 9.98 Å². The van der Waals surface area contributed by atoms with E-state index in [-0.39, 0.29) is 6.61 Å². The van der Waals surface area contributed by atoms with Crippen molar-refractivity contribution in [2.75, 3.05) is 7.11 Å². The molecule has 0 atom stereocenters. The maximum atomic E-state index is 9.59. The standard InChI is InChI=1S/C26H23ClN4O2.C18H15ClN4O/c1-17-5-3-4-6-21(17)26-22-13-19(27)9-12-23(22)31-24(14-28-26)29-30-25(31)16-33-15-18-7-10-20(32-2)11-8-18;1-11-4-2-3-5-13(11)18-14-8-12(19)6-7-15(14)23-16(9-20-18)21-22-17(23)10-24/h3-13H,14-16H2,1-2H3;2-8,24H,9-10H2,1H3. The van der Waals surface area contributed by atoms with Crippen molar-refractivity contribution in [1.29, 1.82) is 0 Å². The predicted octanol–water partition coefficient (Wildman–Crippen LogP) is 8.38. The summed E-state index contributed by atoms with van der Waals surface area (Å²) in [6, 6.07) is 35.7. The van der Waals surface area contributed by atoms with Gasteiger partial charge in [0, 0.05) is 32.3 Å². The molecule has 0 saturated carbocycles. The molecule has 0 fully saturated rings. The summed E-state index contributed by atoms with van der Waals surface area (Å²) in [7, 11) is 1.65. The molecule has 2 aliphatic rings. The van der Waals surface area contributed by atoms with E-state index in [0.29, 0.717) is 48.0 Å². The summed E-state index contributed by atoms with van der Waals surface area (Å²) in [6.07, 6.45) is 0. The van der Waals surface area contributed by atoms with E-state index in [1.807, 2.05) is 94.1 Å². The molecule has 0 radical (unpaired) electrons. The summed E-state index contributed by atoms with van der Waals surface area (Å²) in [5, 5.41) is 27.9. The first-order chi connectivity index (χ1) is 27.8. The molecule has 0 amide bonds. The second-order valence-corrected chi connectivity index (χ2v) is 14.4. The highest BCUT2D eigenvalue weighted by Crippen LogP contribution is 2.31. The number of halogens is 2. The minimum Gasteiger partial charge on any atom is -0.497 e. The van der Waals surface area contributed by atoms with Gasteiger partial charge < -0.3 is 14.6 Å². The van der Waals surface area contributed by atoms with Gasteiger partial charge in [-0.3, -0.25) is 19.1 Å². The van der Waals surface area contributed by atoms with Crippen LogP contribution >= 0.6 is 23.2 Å². The lowest BCUT2D eigenvalue weighted by atomic mass is 9.97. The SMILES string of the molecule is COc1ccc(COCc2nnc3n2-c2ccc(Cl)cc2C(c2ccccc2C)=NC3)cc1.Cc1ccccc1C1=NCc2nnc(CO)n2-c2ccc(Cl)cc21. The third kappa shape index (κ3) is 7.75. The van der Waals surface area contributed by atoms with Crippen LogP contribution in [0.15, 0.2) is 119 Å². The summed E-state index contributed by atoms with van der Waals surface area (Å²) in [5.74, 6) is 3.51. The fourth-order valence-electron chi connectivity index (χ4n) is 7.04. The Hall–Kier alpha value is -5.98. The smallest absolute Gasteiger partial charge is 0.163 e. The third-order valence-corrected chi connectivity index (χ3v) is 10.3. The molecule has 7 aromatic rings. The lowest BCUT2D eigenvalue weighted by molar-refractivity contribution is 0.100. The van der Waals surface area contributed by atoms with Crippen molar-refractivity contribution in [3.05, 3.63) is 181 Å². The Labute approximate surface area is 339 Å². The molecule has 5 aromatic carbocycles. The highest BCUT2D eigenvalue weighted by molar-refractivity contribution is 6.32. The van der Waals surface area contributed by atoms with E-state index in [1.54, 1.807) is 7.11 Å². The quantitative estimate of drug-likeness (QED) is 0.164. The van der Waals surface area contributed by atoms with E-state index in [2.05, 4.69) is 58.5 Å². The Morgan fingerprint density at radius 1 is 0.596 bits per heavy atom. The van der Waals surface area contributed by atoms with E-state index in [0.717, 1.165) is 79.1 Å². The second kappa shape index (κ2) is 16.6. The zero-order valence-corrected chi connectivity index (χ0v) is 33.0. The van der Waals surface area contributed by atoms with Crippen LogP contribution in [-0.2, 0) is 37.6 Å². The van der Waals surface area contributed by atoms with Crippen molar-refractivity contribution in [3.8, 4) is 17.1 Å². The minimum absolute atomic E-state index is 0.186. The number of aliphatic hydroxyl groups is 1. The fraction of sp³-hybridized carbons (Fsp3) is 0.182. The Bertz CT molecular complexity index is 2650. The van der Waals surface area contributed by atoms with Crippen molar-refractivity contribution in [1.82, 2.24) is 29.5 Å². The monoisotopic (exact) mass is 796 g/mol. The summed E-state index contributed by atoms with van der Waals surface area (Å²) in [4.78, 5) is 9.70. The summed E-state index contributed by atoms with van der Waals surface area (Å²) < 4.78 is 15.1. The summed E-state index contributed by atoms with van der Waals surface area (Å²) in [6.45, 7) is 5.56. The average Bonchev–Trinajstić information content (AvgIpc) is 3.74. The molecule has 286 valence electrons. The third-order valence-electron chi connectivity index (χ3n) is 9.86. The van der Waals surface area contributed by atoms with Gasteiger partial charge in [-0.15, -0.1) is 20.4 Å². The summed E-state index contributed by atoms with van der Waals surface area (Å²) >= 11 is 12.7. The van der Waals surface area contributed by atoms with Gasteiger partial charge in [0.1, 0.15) is 32.1 Å². The van der Waals surface area contributed by atoms with Crippen LogP contribution in [0.25, 0.3) is 11.4 Å². The van der Waals surface area contributed by atoms with E-state index in [9.17, 15) is 5.11 Å². The van der Waals surface area contributed by atoms with Gasteiger partial charge in [0.05, 0.1) is 36.5 Å². The number of aliphatic imine (C=N–C) groups is 2. The molecule has 57 heavy (non-hydrogen) atoms. The molecule has 1 N–H and O–H groups in total. The number of fused-ring (bicyclic) bond motifs is 6. The average molecular weight is 798 g/mol. The van der Waals surface area contributed by atoms with Gasteiger partial charge in [0.25, 0.3) is 0 Å². The van der Waals surface area contributed by atoms with Gasteiger partial charge in [-0.2, -0.15) is 0 Å². The van der Waals surface area contributed by atoms with E-state index in [1.165, 1.54) is 0 Å². The molecule has 4 heterocycles. The maximum absolute atomic E-state index is 9.59. The van der Waals surface area contributed by atoms with E-state index < -0.39 is 0 Å². The molecule has 0 bridgehead atoms. The molecule has 2 aromatic heterocycles. The molecule has 0 aliphatic carbocycles. The number of hydrogen-bond acceptors (Lipinski definition) is 9. The van der Waals surface area contributed by atoms with Gasteiger partial charge in [0.2, 0.25) is 0 Å². The number of ether oxygens (including phenoxy) is 2. The molecule has 13 heteroatoms. The van der Waals surface area contributed by atoms with Crippen LogP contribution in [0.2, 0.25) is 10.0 Å². The van der Waals surface area contributed by atoms with Crippen LogP contribution in [-0.4, -0.2) is 53.2 Å². The van der Waals surface area contributed by atoms with E-state index >= 15 is 0 Å². The second-order valence-electron chi connectivity index (χ2n) is 13.5. The number of aliphatic hydroxyl groups excluding tert-OH is 1. The number of benzene rings is 5. The topological polar surface area (TPSA) is 125 Å². The Kier molecular flexibility index (Phi) is 11.1. The van der Waals surface area contributed by atoms with Crippen LogP contribution < -0.4 is 4.74 Å².